The molecule has 1 N–H and O–H groups in total. The van der Waals surface area contributed by atoms with Crippen LogP contribution in [0.2, 0.25) is 0 Å². The molecule has 0 aromatic heterocycles. The van der Waals surface area contributed by atoms with Crippen LogP contribution in [0.5, 0.6) is 0 Å². The standard InChI is InChI=1S/C15H27NO3/c1-12(17)13-2-6-16(11-13)14-3-7-19-15(10-14)4-8-18-9-5-15/h12-14,17H,2-11H2,1H3. The molecule has 4 heteroatoms. The van der Waals surface area contributed by atoms with E-state index in [0.717, 1.165) is 65.0 Å². The summed E-state index contributed by atoms with van der Waals surface area (Å²) in [4.78, 5) is 2.59. The van der Waals surface area contributed by atoms with Crippen LogP contribution in [-0.4, -0.2) is 60.7 Å². The topological polar surface area (TPSA) is 41.9 Å². The Bertz CT molecular complexity index is 296. The Labute approximate surface area is 116 Å². The molecule has 0 amide bonds. The molecule has 3 rings (SSSR count). The third-order valence-electron chi connectivity index (χ3n) is 5.33. The van der Waals surface area contributed by atoms with E-state index in [1.54, 1.807) is 0 Å². The molecular weight excluding hydrogens is 242 g/mol. The van der Waals surface area contributed by atoms with Gasteiger partial charge in [-0.2, -0.15) is 0 Å². The summed E-state index contributed by atoms with van der Waals surface area (Å²) in [6.07, 6.45) is 5.39. The van der Waals surface area contributed by atoms with Gasteiger partial charge in [-0.15, -0.1) is 0 Å². The van der Waals surface area contributed by atoms with Crippen LogP contribution in [0.4, 0.5) is 0 Å². The highest BCUT2D eigenvalue weighted by atomic mass is 16.5. The number of ether oxygens (including phenoxy) is 2. The zero-order valence-electron chi connectivity index (χ0n) is 12.0. The Balaban J connectivity index is 1.59. The molecule has 110 valence electrons. The van der Waals surface area contributed by atoms with Crippen LogP contribution in [0.1, 0.15) is 39.0 Å². The first kappa shape index (κ1) is 13.8. The van der Waals surface area contributed by atoms with Crippen molar-refractivity contribution in [2.24, 2.45) is 5.92 Å². The molecule has 0 aromatic carbocycles. The van der Waals surface area contributed by atoms with E-state index in [1.165, 1.54) is 0 Å². The SMILES string of the molecule is CC(O)C1CCN(C2CCOC3(CCOCC3)C2)C1. The minimum Gasteiger partial charge on any atom is -0.393 e. The summed E-state index contributed by atoms with van der Waals surface area (Å²) < 4.78 is 11.6. The lowest BCUT2D eigenvalue weighted by Crippen LogP contribution is -2.50. The Morgan fingerprint density at radius 2 is 2.00 bits per heavy atom. The molecule has 4 nitrogen and oxygen atoms in total. The first-order chi connectivity index (χ1) is 9.19. The van der Waals surface area contributed by atoms with E-state index in [0.29, 0.717) is 12.0 Å². The lowest BCUT2D eigenvalue weighted by atomic mass is 9.83. The van der Waals surface area contributed by atoms with Crippen molar-refractivity contribution < 1.29 is 14.6 Å². The van der Waals surface area contributed by atoms with E-state index < -0.39 is 0 Å². The van der Waals surface area contributed by atoms with Crippen molar-refractivity contribution in [1.82, 2.24) is 4.90 Å². The van der Waals surface area contributed by atoms with Crippen molar-refractivity contribution in [2.45, 2.75) is 56.8 Å². The quantitative estimate of drug-likeness (QED) is 0.823. The third-order valence-corrected chi connectivity index (χ3v) is 5.33. The van der Waals surface area contributed by atoms with Crippen LogP contribution in [0, 0.1) is 5.92 Å². The molecule has 3 saturated heterocycles. The summed E-state index contributed by atoms with van der Waals surface area (Å²) in [5.41, 5.74) is 0.0874. The molecule has 3 fully saturated rings. The number of aliphatic hydroxyl groups is 1. The predicted molar refractivity (Wildman–Crippen MR) is 73.1 cm³/mol. The second-order valence-electron chi connectivity index (χ2n) is 6.57. The Morgan fingerprint density at radius 3 is 2.68 bits per heavy atom. The molecule has 0 radical (unpaired) electrons. The summed E-state index contributed by atoms with van der Waals surface area (Å²) in [7, 11) is 0. The summed E-state index contributed by atoms with van der Waals surface area (Å²) in [6.45, 7) is 6.73. The molecule has 0 bridgehead atoms. The van der Waals surface area contributed by atoms with Gasteiger partial charge in [-0.3, -0.25) is 4.90 Å². The van der Waals surface area contributed by atoms with E-state index in [4.69, 9.17) is 9.47 Å². The van der Waals surface area contributed by atoms with Crippen LogP contribution >= 0.6 is 0 Å². The highest BCUT2D eigenvalue weighted by Crippen LogP contribution is 2.37. The van der Waals surface area contributed by atoms with E-state index in [9.17, 15) is 5.11 Å². The minimum absolute atomic E-state index is 0.0874. The van der Waals surface area contributed by atoms with Gasteiger partial charge in [0, 0.05) is 32.4 Å². The van der Waals surface area contributed by atoms with Crippen LogP contribution in [0.3, 0.4) is 0 Å². The molecule has 3 aliphatic rings. The molecule has 3 unspecified atom stereocenters. The van der Waals surface area contributed by atoms with Crippen LogP contribution in [0.15, 0.2) is 0 Å². The lowest BCUT2D eigenvalue weighted by molar-refractivity contribution is -0.150. The van der Waals surface area contributed by atoms with Gasteiger partial charge in [-0.25, -0.2) is 0 Å². The molecular formula is C15H27NO3. The largest absolute Gasteiger partial charge is 0.393 e. The molecule has 3 aliphatic heterocycles. The molecule has 3 heterocycles. The number of aliphatic hydroxyl groups excluding tert-OH is 1. The normalized spacial score (nSPS) is 37.6. The Kier molecular flexibility index (Phi) is 4.13. The van der Waals surface area contributed by atoms with Crippen molar-refractivity contribution in [1.29, 1.82) is 0 Å². The minimum atomic E-state index is -0.165. The van der Waals surface area contributed by atoms with Crippen LogP contribution < -0.4 is 0 Å². The highest BCUT2D eigenvalue weighted by molar-refractivity contribution is 4.94. The van der Waals surface area contributed by atoms with E-state index in [1.807, 2.05) is 6.92 Å². The van der Waals surface area contributed by atoms with Gasteiger partial charge >= 0.3 is 0 Å². The van der Waals surface area contributed by atoms with Crippen molar-refractivity contribution in [3.05, 3.63) is 0 Å². The van der Waals surface area contributed by atoms with Crippen molar-refractivity contribution in [3.63, 3.8) is 0 Å². The fourth-order valence-electron chi connectivity index (χ4n) is 3.95. The summed E-state index contributed by atoms with van der Waals surface area (Å²) in [5.74, 6) is 0.466. The first-order valence-corrected chi connectivity index (χ1v) is 7.82. The van der Waals surface area contributed by atoms with Gasteiger partial charge in [0.2, 0.25) is 0 Å². The first-order valence-electron chi connectivity index (χ1n) is 7.82. The van der Waals surface area contributed by atoms with Crippen molar-refractivity contribution in [3.8, 4) is 0 Å². The summed E-state index contributed by atoms with van der Waals surface area (Å²) in [5, 5.41) is 9.74. The second-order valence-corrected chi connectivity index (χ2v) is 6.57. The average Bonchev–Trinajstić information content (AvgIpc) is 2.89. The Morgan fingerprint density at radius 1 is 1.21 bits per heavy atom. The fraction of sp³-hybridized carbons (Fsp3) is 1.00. The predicted octanol–water partition coefficient (Wildman–Crippen LogP) is 1.42. The Hall–Kier alpha value is -0.160. The maximum atomic E-state index is 9.74. The van der Waals surface area contributed by atoms with Crippen molar-refractivity contribution >= 4 is 0 Å². The molecule has 1 spiro atoms. The fourth-order valence-corrected chi connectivity index (χ4v) is 3.95. The van der Waals surface area contributed by atoms with Gasteiger partial charge in [0.1, 0.15) is 0 Å². The van der Waals surface area contributed by atoms with Crippen LogP contribution in [-0.2, 0) is 9.47 Å². The average molecular weight is 269 g/mol. The van der Waals surface area contributed by atoms with E-state index in [2.05, 4.69) is 4.90 Å². The highest BCUT2D eigenvalue weighted by Gasteiger charge is 2.42. The van der Waals surface area contributed by atoms with E-state index in [-0.39, 0.29) is 11.7 Å². The summed E-state index contributed by atoms with van der Waals surface area (Å²) >= 11 is 0. The molecule has 0 aliphatic carbocycles. The number of rotatable bonds is 2. The van der Waals surface area contributed by atoms with Crippen LogP contribution in [0.25, 0.3) is 0 Å². The van der Waals surface area contributed by atoms with Gasteiger partial charge in [-0.1, -0.05) is 0 Å². The number of likely N-dealkylation sites (tertiary alicyclic amines) is 1. The monoisotopic (exact) mass is 269 g/mol. The van der Waals surface area contributed by atoms with Gasteiger partial charge < -0.3 is 14.6 Å². The second kappa shape index (κ2) is 5.68. The summed E-state index contributed by atoms with van der Waals surface area (Å²) in [6, 6.07) is 0.649. The molecule has 19 heavy (non-hydrogen) atoms. The third kappa shape index (κ3) is 2.97. The smallest absolute Gasteiger partial charge is 0.0741 e. The number of hydrogen-bond acceptors (Lipinski definition) is 4. The van der Waals surface area contributed by atoms with Gasteiger partial charge in [0.15, 0.2) is 0 Å². The number of nitrogens with zero attached hydrogens (tertiary/aromatic N) is 1. The maximum absolute atomic E-state index is 9.74. The van der Waals surface area contributed by atoms with Crippen molar-refractivity contribution in [2.75, 3.05) is 32.9 Å². The zero-order valence-corrected chi connectivity index (χ0v) is 12.0. The molecule has 0 saturated carbocycles. The zero-order chi connectivity index (χ0) is 13.3. The lowest BCUT2D eigenvalue weighted by Gasteiger charge is -2.45. The number of hydrogen-bond donors (Lipinski definition) is 1. The van der Waals surface area contributed by atoms with Gasteiger partial charge in [-0.05, 0) is 51.5 Å². The molecule has 0 aromatic rings. The van der Waals surface area contributed by atoms with E-state index >= 15 is 0 Å². The maximum Gasteiger partial charge on any atom is 0.0741 e. The molecule has 3 atom stereocenters. The van der Waals surface area contributed by atoms with Gasteiger partial charge in [0.25, 0.3) is 0 Å². The van der Waals surface area contributed by atoms with Gasteiger partial charge in [0.05, 0.1) is 11.7 Å².